The number of allylic oxidation sites excluding steroid dienone is 2. The average Bonchev–Trinajstić information content (AvgIpc) is 3.16. The fraction of sp³-hybridized carbons (Fsp3) is 0.733. The predicted molar refractivity (Wildman–Crippen MR) is 146 cm³/mol. The molecule has 3 saturated carbocycles. The maximum absolute atomic E-state index is 12.4. The van der Waals surface area contributed by atoms with Crippen LogP contribution in [0.2, 0.25) is 0 Å². The first kappa shape index (κ1) is 29.1. The van der Waals surface area contributed by atoms with Crippen LogP contribution in [-0.4, -0.2) is 58.5 Å². The Hall–Kier alpha value is -2.86. The summed E-state index contributed by atoms with van der Waals surface area (Å²) in [5.74, 6) is 1.90. The molecular formula is C30H43N3O6. The van der Waals surface area contributed by atoms with Crippen LogP contribution in [0.4, 0.5) is 0 Å². The van der Waals surface area contributed by atoms with Crippen molar-refractivity contribution in [1.29, 1.82) is 0 Å². The van der Waals surface area contributed by atoms with Crippen LogP contribution in [0.3, 0.4) is 0 Å². The van der Waals surface area contributed by atoms with Gasteiger partial charge in [-0.05, 0) is 86.5 Å². The molecule has 0 aromatic rings. The summed E-state index contributed by atoms with van der Waals surface area (Å²) in [5.41, 5.74) is 1.10. The van der Waals surface area contributed by atoms with Crippen molar-refractivity contribution >= 4 is 23.5 Å². The molecule has 0 aromatic heterocycles. The van der Waals surface area contributed by atoms with E-state index < -0.39 is 36.0 Å². The Balaban J connectivity index is 1.36. The number of hydrogen-bond donors (Lipinski definition) is 4. The highest BCUT2D eigenvalue weighted by Crippen LogP contribution is 2.67. The van der Waals surface area contributed by atoms with Crippen LogP contribution < -0.4 is 10.6 Å². The maximum atomic E-state index is 12.4. The summed E-state index contributed by atoms with van der Waals surface area (Å²) in [7, 11) is 0. The van der Waals surface area contributed by atoms with E-state index in [4.69, 9.17) is 16.4 Å². The Bertz CT molecular complexity index is 1110. The Morgan fingerprint density at radius 3 is 2.54 bits per heavy atom. The number of amides is 2. The van der Waals surface area contributed by atoms with Crippen LogP contribution in [0.5, 0.6) is 0 Å². The van der Waals surface area contributed by atoms with E-state index in [1.807, 2.05) is 0 Å². The number of aliphatic carboxylic acids is 1. The summed E-state index contributed by atoms with van der Waals surface area (Å²) >= 11 is 0. The number of fused-ring (bicyclic) bond motifs is 5. The molecule has 9 nitrogen and oxygen atoms in total. The van der Waals surface area contributed by atoms with Crippen molar-refractivity contribution in [3.63, 3.8) is 0 Å². The maximum Gasteiger partial charge on any atom is 0.322 e. The van der Waals surface area contributed by atoms with Gasteiger partial charge in [0.1, 0.15) is 18.2 Å². The number of carboxylic acids is 1. The van der Waals surface area contributed by atoms with E-state index in [9.17, 15) is 19.5 Å². The summed E-state index contributed by atoms with van der Waals surface area (Å²) in [4.78, 5) is 40.8. The quantitative estimate of drug-likeness (QED) is 0.275. The summed E-state index contributed by atoms with van der Waals surface area (Å²) in [6.07, 6.45) is 15.5. The minimum Gasteiger partial charge on any atom is -0.480 e. The van der Waals surface area contributed by atoms with Gasteiger partial charge in [0, 0.05) is 5.41 Å². The van der Waals surface area contributed by atoms with Gasteiger partial charge in [-0.1, -0.05) is 44.3 Å². The number of terminal acetylenes is 1. The largest absolute Gasteiger partial charge is 0.480 e. The molecule has 4 aliphatic carbocycles. The Labute approximate surface area is 231 Å². The van der Waals surface area contributed by atoms with Gasteiger partial charge in [0.05, 0.1) is 5.71 Å². The molecule has 0 saturated heterocycles. The molecule has 0 radical (unpaired) electrons. The smallest absolute Gasteiger partial charge is 0.322 e. The van der Waals surface area contributed by atoms with Crippen molar-refractivity contribution in [2.75, 3.05) is 13.2 Å². The van der Waals surface area contributed by atoms with E-state index in [2.05, 4.69) is 41.6 Å². The number of nitrogens with one attached hydrogen (secondary N) is 2. The Kier molecular flexibility index (Phi) is 8.18. The molecule has 9 heteroatoms. The van der Waals surface area contributed by atoms with Crippen LogP contribution in [0.1, 0.15) is 79.1 Å². The van der Waals surface area contributed by atoms with Crippen molar-refractivity contribution in [3.05, 3.63) is 11.6 Å². The van der Waals surface area contributed by atoms with Crippen LogP contribution in [0.25, 0.3) is 0 Å². The molecule has 3 fully saturated rings. The second-order valence-corrected chi connectivity index (χ2v) is 12.8. The number of nitrogens with zero attached hydrogens (tertiary/aromatic N) is 1. The molecular weight excluding hydrogens is 498 g/mol. The van der Waals surface area contributed by atoms with E-state index in [-0.39, 0.29) is 23.4 Å². The third kappa shape index (κ3) is 5.32. The SMILES string of the molecule is C#C[C@@]1(O)CC[C@@H]2[C@@H]3CCC4=C/C(=N/OCC(=O)N[C@H](C(=O)NCC(=O)O)C(C)C)CC[C@]4(C)[C@H]3CC[C@@]21C. The lowest BCUT2D eigenvalue weighted by Gasteiger charge is -2.58. The fourth-order valence-electron chi connectivity index (χ4n) is 8.09. The molecule has 4 N–H and O–H groups in total. The van der Waals surface area contributed by atoms with Crippen LogP contribution in [-0.2, 0) is 19.2 Å². The molecule has 0 aliphatic heterocycles. The highest BCUT2D eigenvalue weighted by atomic mass is 16.6. The van der Waals surface area contributed by atoms with Gasteiger partial charge in [-0.15, -0.1) is 6.42 Å². The molecule has 0 unspecified atom stereocenters. The summed E-state index contributed by atoms with van der Waals surface area (Å²) in [6, 6.07) is -0.866. The highest BCUT2D eigenvalue weighted by molar-refractivity contribution is 5.96. The van der Waals surface area contributed by atoms with Crippen molar-refractivity contribution in [2.45, 2.75) is 90.7 Å². The molecule has 4 rings (SSSR count). The van der Waals surface area contributed by atoms with E-state index >= 15 is 0 Å². The van der Waals surface area contributed by atoms with E-state index in [0.717, 1.165) is 50.7 Å². The number of carboxylic acid groups (broad SMARTS) is 1. The number of aliphatic hydroxyl groups is 1. The molecule has 39 heavy (non-hydrogen) atoms. The predicted octanol–water partition coefficient (Wildman–Crippen LogP) is 3.03. The second kappa shape index (κ2) is 11.0. The minimum absolute atomic E-state index is 0.0886. The summed E-state index contributed by atoms with van der Waals surface area (Å²) < 4.78 is 0. The monoisotopic (exact) mass is 541 g/mol. The molecule has 4 aliphatic rings. The number of carbonyl (C=O) groups excluding carboxylic acids is 2. The molecule has 7 atom stereocenters. The minimum atomic E-state index is -1.15. The lowest BCUT2D eigenvalue weighted by Crippen LogP contribution is -2.54. The standard InChI is InChI=1S/C30H43N3O6/c1-6-30(38)14-11-23-21-8-7-19-15-20(9-12-28(19,4)22(21)10-13-29(23,30)5)33-39-17-24(34)32-26(18(2)3)27(37)31-16-25(35)36/h1,15,18,21-23,26,38H,7-14,16-17H2,2-5H3,(H,31,37)(H,32,34)(H,35,36)/b33-20+/t21-,22+,23-,26+,28+,29+,30-/m1/s1. The van der Waals surface area contributed by atoms with Gasteiger partial charge in [-0.25, -0.2) is 0 Å². The van der Waals surface area contributed by atoms with Gasteiger partial charge >= 0.3 is 5.97 Å². The zero-order valence-corrected chi connectivity index (χ0v) is 23.6. The number of oxime groups is 1. The van der Waals surface area contributed by atoms with Crippen molar-refractivity contribution in [1.82, 2.24) is 10.6 Å². The fourth-order valence-corrected chi connectivity index (χ4v) is 8.09. The highest BCUT2D eigenvalue weighted by Gasteiger charge is 2.63. The molecule has 0 heterocycles. The molecule has 0 spiro atoms. The van der Waals surface area contributed by atoms with Gasteiger partial charge in [-0.2, -0.15) is 0 Å². The van der Waals surface area contributed by atoms with Crippen LogP contribution in [0, 0.1) is 46.8 Å². The molecule has 0 aromatic carbocycles. The van der Waals surface area contributed by atoms with Gasteiger partial charge < -0.3 is 25.7 Å². The zero-order chi connectivity index (χ0) is 28.6. The normalized spacial score (nSPS) is 37.0. The van der Waals surface area contributed by atoms with Crippen molar-refractivity contribution < 1.29 is 29.4 Å². The molecule has 2 amide bonds. The lowest BCUT2D eigenvalue weighted by atomic mass is 9.46. The average molecular weight is 542 g/mol. The molecule has 0 bridgehead atoms. The number of hydrogen-bond acceptors (Lipinski definition) is 6. The van der Waals surface area contributed by atoms with Crippen LogP contribution in [0.15, 0.2) is 16.8 Å². The zero-order valence-electron chi connectivity index (χ0n) is 23.6. The number of rotatable bonds is 8. The van der Waals surface area contributed by atoms with Crippen molar-refractivity contribution in [2.24, 2.45) is 39.7 Å². The first-order valence-electron chi connectivity index (χ1n) is 14.2. The first-order chi connectivity index (χ1) is 18.3. The number of carbonyl (C=O) groups is 3. The Morgan fingerprint density at radius 2 is 1.87 bits per heavy atom. The second-order valence-electron chi connectivity index (χ2n) is 12.8. The van der Waals surface area contributed by atoms with E-state index in [0.29, 0.717) is 24.2 Å². The van der Waals surface area contributed by atoms with Gasteiger partial charge in [0.25, 0.3) is 5.91 Å². The van der Waals surface area contributed by atoms with Gasteiger partial charge in [-0.3, -0.25) is 14.4 Å². The lowest BCUT2D eigenvalue weighted by molar-refractivity contribution is -0.138. The summed E-state index contributed by atoms with van der Waals surface area (Å²) in [5, 5.41) is 29.1. The third-order valence-electron chi connectivity index (χ3n) is 10.4. The first-order valence-corrected chi connectivity index (χ1v) is 14.2. The van der Waals surface area contributed by atoms with E-state index in [1.165, 1.54) is 5.57 Å². The summed E-state index contributed by atoms with van der Waals surface area (Å²) in [6.45, 7) is 7.28. The van der Waals surface area contributed by atoms with Gasteiger partial charge in [0.15, 0.2) is 6.61 Å². The van der Waals surface area contributed by atoms with Crippen molar-refractivity contribution in [3.8, 4) is 12.3 Å². The van der Waals surface area contributed by atoms with E-state index in [1.54, 1.807) is 13.8 Å². The van der Waals surface area contributed by atoms with Gasteiger partial charge in [0.2, 0.25) is 5.91 Å². The third-order valence-corrected chi connectivity index (χ3v) is 10.4. The van der Waals surface area contributed by atoms with Crippen LogP contribution >= 0.6 is 0 Å². The molecule has 214 valence electrons. The Morgan fingerprint density at radius 1 is 1.15 bits per heavy atom. The topological polar surface area (TPSA) is 137 Å².